The van der Waals surface area contributed by atoms with Crippen LogP contribution in [0.4, 0.5) is 0 Å². The maximum Gasteiger partial charge on any atom is 0.328 e. The van der Waals surface area contributed by atoms with E-state index in [1.54, 1.807) is 20.9 Å². The first-order valence-electron chi connectivity index (χ1n) is 4.08. The van der Waals surface area contributed by atoms with Crippen LogP contribution in [0, 0.1) is 0 Å². The molecule has 0 spiro atoms. The highest BCUT2D eigenvalue weighted by Crippen LogP contribution is 1.88. The van der Waals surface area contributed by atoms with E-state index in [0.29, 0.717) is 0 Å². The fourth-order valence-corrected chi connectivity index (χ4v) is 0.705. The molecule has 0 saturated carbocycles. The van der Waals surface area contributed by atoms with Gasteiger partial charge in [-0.1, -0.05) is 0 Å². The summed E-state index contributed by atoms with van der Waals surface area (Å²) in [6, 6.07) is -0.916. The Morgan fingerprint density at radius 1 is 1.23 bits per heavy atom. The third kappa shape index (κ3) is 3.89. The predicted molar refractivity (Wildman–Crippen MR) is 48.1 cm³/mol. The fraction of sp³-hybridized carbons (Fsp3) is 0.750. The molecule has 0 aliphatic heterocycles. The van der Waals surface area contributed by atoms with Crippen molar-refractivity contribution in [2.45, 2.75) is 25.9 Å². The summed E-state index contributed by atoms with van der Waals surface area (Å²) < 4.78 is 4.45. The van der Waals surface area contributed by atoms with Crippen LogP contribution in [0.25, 0.3) is 0 Å². The van der Waals surface area contributed by atoms with Gasteiger partial charge in [-0.3, -0.25) is 4.79 Å². The molecule has 0 heterocycles. The van der Waals surface area contributed by atoms with Crippen molar-refractivity contribution >= 4 is 11.9 Å². The van der Waals surface area contributed by atoms with Gasteiger partial charge in [0.1, 0.15) is 6.04 Å². The van der Waals surface area contributed by atoms with Crippen LogP contribution in [0.1, 0.15) is 13.8 Å². The lowest BCUT2D eigenvalue weighted by Crippen LogP contribution is -2.47. The number of rotatable bonds is 4. The summed E-state index contributed by atoms with van der Waals surface area (Å²) in [7, 11) is 2.96. The molecule has 76 valence electrons. The van der Waals surface area contributed by atoms with E-state index < -0.39 is 12.0 Å². The van der Waals surface area contributed by atoms with Crippen LogP contribution >= 0.6 is 0 Å². The predicted octanol–water partition coefficient (Wildman–Crippen LogP) is -0.728. The van der Waals surface area contributed by atoms with E-state index >= 15 is 0 Å². The van der Waals surface area contributed by atoms with Gasteiger partial charge in [-0.25, -0.2) is 4.79 Å². The zero-order valence-corrected chi connectivity index (χ0v) is 8.38. The van der Waals surface area contributed by atoms with E-state index in [-0.39, 0.29) is 11.9 Å². The van der Waals surface area contributed by atoms with Gasteiger partial charge in [-0.05, 0) is 20.9 Å². The molecule has 0 aromatic rings. The van der Waals surface area contributed by atoms with Gasteiger partial charge in [-0.2, -0.15) is 0 Å². The third-order valence-electron chi connectivity index (χ3n) is 1.74. The largest absolute Gasteiger partial charge is 0.467 e. The van der Waals surface area contributed by atoms with Crippen molar-refractivity contribution in [3.05, 3.63) is 0 Å². The molecule has 0 aromatic heterocycles. The molecule has 0 aromatic carbocycles. The van der Waals surface area contributed by atoms with Crippen LogP contribution in [-0.4, -0.2) is 38.1 Å². The minimum Gasteiger partial charge on any atom is -0.467 e. The van der Waals surface area contributed by atoms with Crippen molar-refractivity contribution in [2.24, 2.45) is 0 Å². The number of methoxy groups -OCH3 is 1. The summed E-state index contributed by atoms with van der Waals surface area (Å²) in [5.74, 6) is -0.669. The average molecular weight is 188 g/mol. The SMILES string of the molecule is CNC(C)C(=O)NC(C)C(=O)OC. The first-order chi connectivity index (χ1) is 6.02. The normalized spacial score (nSPS) is 14.5. The molecule has 2 atom stereocenters. The van der Waals surface area contributed by atoms with Crippen LogP contribution in [0.3, 0.4) is 0 Å². The zero-order chi connectivity index (χ0) is 10.4. The molecule has 2 N–H and O–H groups in total. The Morgan fingerprint density at radius 3 is 2.15 bits per heavy atom. The number of carbonyl (C=O) groups is 2. The first kappa shape index (κ1) is 11.9. The smallest absolute Gasteiger partial charge is 0.328 e. The molecule has 0 bridgehead atoms. The quantitative estimate of drug-likeness (QED) is 0.571. The molecule has 0 rings (SSSR count). The molecule has 0 aliphatic carbocycles. The molecule has 5 heteroatoms. The highest BCUT2D eigenvalue weighted by atomic mass is 16.5. The van der Waals surface area contributed by atoms with Gasteiger partial charge >= 0.3 is 5.97 Å². The summed E-state index contributed by atoms with van der Waals surface area (Å²) in [4.78, 5) is 22.1. The van der Waals surface area contributed by atoms with Crippen molar-refractivity contribution in [3.63, 3.8) is 0 Å². The van der Waals surface area contributed by atoms with Gasteiger partial charge in [-0.15, -0.1) is 0 Å². The van der Waals surface area contributed by atoms with Crippen molar-refractivity contribution in [3.8, 4) is 0 Å². The number of nitrogens with one attached hydrogen (secondary N) is 2. The molecule has 0 aliphatic rings. The van der Waals surface area contributed by atoms with Crippen molar-refractivity contribution < 1.29 is 14.3 Å². The van der Waals surface area contributed by atoms with Gasteiger partial charge in [0, 0.05) is 0 Å². The monoisotopic (exact) mass is 188 g/mol. The zero-order valence-electron chi connectivity index (χ0n) is 8.38. The minimum atomic E-state index is -0.603. The molecule has 2 unspecified atom stereocenters. The van der Waals surface area contributed by atoms with Crippen molar-refractivity contribution in [1.82, 2.24) is 10.6 Å². The topological polar surface area (TPSA) is 67.4 Å². The number of hydrogen-bond donors (Lipinski definition) is 2. The van der Waals surface area contributed by atoms with Gasteiger partial charge in [0.15, 0.2) is 0 Å². The summed E-state index contributed by atoms with van der Waals surface area (Å²) in [5, 5.41) is 5.27. The Bertz CT molecular complexity index is 194. The maximum atomic E-state index is 11.2. The Balaban J connectivity index is 3.98. The van der Waals surface area contributed by atoms with Gasteiger partial charge in [0.25, 0.3) is 0 Å². The number of carbonyl (C=O) groups excluding carboxylic acids is 2. The summed E-state index contributed by atoms with van der Waals surface area (Å²) >= 11 is 0. The molecule has 5 nitrogen and oxygen atoms in total. The van der Waals surface area contributed by atoms with Crippen molar-refractivity contribution in [1.29, 1.82) is 0 Å². The van der Waals surface area contributed by atoms with E-state index in [0.717, 1.165) is 0 Å². The maximum absolute atomic E-state index is 11.2. The van der Waals surface area contributed by atoms with Crippen LogP contribution in [0.2, 0.25) is 0 Å². The lowest BCUT2D eigenvalue weighted by atomic mass is 10.2. The Kier molecular flexibility index (Phi) is 5.06. The number of hydrogen-bond acceptors (Lipinski definition) is 4. The highest BCUT2D eigenvalue weighted by molar-refractivity contribution is 5.86. The van der Waals surface area contributed by atoms with Crippen molar-refractivity contribution in [2.75, 3.05) is 14.2 Å². The second-order valence-electron chi connectivity index (χ2n) is 2.76. The average Bonchev–Trinajstić information content (AvgIpc) is 2.14. The van der Waals surface area contributed by atoms with Gasteiger partial charge < -0.3 is 15.4 Å². The number of esters is 1. The number of likely N-dealkylation sites (N-methyl/N-ethyl adjacent to an activating group) is 1. The fourth-order valence-electron chi connectivity index (χ4n) is 0.705. The van der Waals surface area contributed by atoms with E-state index in [1.165, 1.54) is 7.11 Å². The Morgan fingerprint density at radius 2 is 1.77 bits per heavy atom. The molecule has 0 saturated heterocycles. The molecule has 0 fully saturated rings. The van der Waals surface area contributed by atoms with E-state index in [1.807, 2.05) is 0 Å². The minimum absolute atomic E-state index is 0.222. The lowest BCUT2D eigenvalue weighted by molar-refractivity contribution is -0.144. The van der Waals surface area contributed by atoms with Crippen LogP contribution in [0.5, 0.6) is 0 Å². The number of amides is 1. The second-order valence-corrected chi connectivity index (χ2v) is 2.76. The molecule has 0 radical (unpaired) electrons. The summed E-state index contributed by atoms with van der Waals surface area (Å²) in [6.07, 6.45) is 0. The Labute approximate surface area is 77.8 Å². The second kappa shape index (κ2) is 5.53. The van der Waals surface area contributed by atoms with Gasteiger partial charge in [0.05, 0.1) is 13.2 Å². The van der Waals surface area contributed by atoms with Crippen LogP contribution in [-0.2, 0) is 14.3 Å². The highest BCUT2D eigenvalue weighted by Gasteiger charge is 2.18. The molecule has 13 heavy (non-hydrogen) atoms. The van der Waals surface area contributed by atoms with E-state index in [4.69, 9.17) is 0 Å². The van der Waals surface area contributed by atoms with Crippen LogP contribution < -0.4 is 10.6 Å². The van der Waals surface area contributed by atoms with Crippen LogP contribution in [0.15, 0.2) is 0 Å². The van der Waals surface area contributed by atoms with Gasteiger partial charge in [0.2, 0.25) is 5.91 Å². The lowest BCUT2D eigenvalue weighted by Gasteiger charge is -2.14. The summed E-state index contributed by atoms with van der Waals surface area (Å²) in [5.41, 5.74) is 0. The molecular formula is C8H16N2O3. The first-order valence-corrected chi connectivity index (χ1v) is 4.08. The molecular weight excluding hydrogens is 172 g/mol. The number of ether oxygens (including phenoxy) is 1. The van der Waals surface area contributed by atoms with E-state index in [2.05, 4.69) is 15.4 Å². The Hall–Kier alpha value is -1.10. The van der Waals surface area contributed by atoms with E-state index in [9.17, 15) is 9.59 Å². The third-order valence-corrected chi connectivity index (χ3v) is 1.74. The standard InChI is InChI=1S/C8H16N2O3/c1-5(9-3)7(11)10-6(2)8(12)13-4/h5-6,9H,1-4H3,(H,10,11). The summed E-state index contributed by atoms with van der Waals surface area (Å²) in [6.45, 7) is 3.28. The molecule has 1 amide bonds.